The number of benzene rings is 2. The van der Waals surface area contributed by atoms with Gasteiger partial charge in [0.25, 0.3) is 5.89 Å². The van der Waals surface area contributed by atoms with Gasteiger partial charge in [-0.25, -0.2) is 13.8 Å². The van der Waals surface area contributed by atoms with Crippen LogP contribution in [0.25, 0.3) is 21.3 Å². The van der Waals surface area contributed by atoms with Gasteiger partial charge in [-0.3, -0.25) is 4.79 Å². The number of carbonyl (C=O) groups excluding carboxylic acids is 1. The van der Waals surface area contributed by atoms with E-state index in [4.69, 9.17) is 14.2 Å². The number of anilines is 1. The molecule has 4 aromatic rings. The van der Waals surface area contributed by atoms with Gasteiger partial charge < -0.3 is 14.2 Å². The lowest BCUT2D eigenvalue weighted by Crippen LogP contribution is -2.54. The molecule has 44 heavy (non-hydrogen) atoms. The predicted octanol–water partition coefficient (Wildman–Crippen LogP) is 8.18. The van der Waals surface area contributed by atoms with Gasteiger partial charge in [-0.15, -0.1) is 11.3 Å². The second kappa shape index (κ2) is 10.4. The van der Waals surface area contributed by atoms with E-state index in [2.05, 4.69) is 34.4 Å². The number of amides is 1. The summed E-state index contributed by atoms with van der Waals surface area (Å²) in [5, 5.41) is 5.25. The maximum absolute atomic E-state index is 14.1. The number of aryl methyl sites for hydroxylation is 1. The second-order valence-corrected chi connectivity index (χ2v) is 14.9. The molecule has 5 fully saturated rings. The molecule has 3 aliphatic carbocycles. The number of fused-ring (bicyclic) bond motifs is 4. The minimum absolute atomic E-state index is 0.0962. The molecule has 5 aliphatic rings. The highest BCUT2D eigenvalue weighted by Crippen LogP contribution is 2.54. The van der Waals surface area contributed by atoms with E-state index in [-0.39, 0.29) is 36.5 Å². The summed E-state index contributed by atoms with van der Waals surface area (Å²) in [7, 11) is 0. The van der Waals surface area contributed by atoms with E-state index < -0.39 is 11.5 Å². The van der Waals surface area contributed by atoms with Crippen LogP contribution < -0.4 is 4.90 Å². The van der Waals surface area contributed by atoms with Crippen LogP contribution in [0, 0.1) is 18.3 Å². The van der Waals surface area contributed by atoms with Crippen LogP contribution in [0.5, 0.6) is 0 Å². The molecule has 2 saturated heterocycles. The average molecular weight is 619 g/mol. The molecule has 3 saturated carbocycles. The van der Waals surface area contributed by atoms with E-state index in [0.29, 0.717) is 31.4 Å². The number of thiazole rings is 1. The molecule has 2 aliphatic heterocycles. The normalized spacial score (nSPS) is 27.7. The van der Waals surface area contributed by atoms with Crippen LogP contribution in [-0.2, 0) is 15.1 Å². The van der Waals surface area contributed by atoms with Crippen molar-refractivity contribution >= 4 is 33.1 Å². The van der Waals surface area contributed by atoms with E-state index in [9.17, 15) is 13.6 Å². The molecule has 0 N–H and O–H groups in total. The molecule has 2 aromatic heterocycles. The summed E-state index contributed by atoms with van der Waals surface area (Å²) in [6.07, 6.45) is 5.60. The number of carbonyl (C=O) groups is 1. The predicted molar refractivity (Wildman–Crippen MR) is 164 cm³/mol. The molecule has 0 spiro atoms. The first kappa shape index (κ1) is 28.2. The molecule has 10 heteroatoms. The quantitative estimate of drug-likeness (QED) is 0.198. The Morgan fingerprint density at radius 1 is 1.02 bits per heavy atom. The second-order valence-electron chi connectivity index (χ2n) is 13.6. The molecule has 4 heterocycles. The summed E-state index contributed by atoms with van der Waals surface area (Å²) in [5.74, 6) is -1.29. The van der Waals surface area contributed by atoms with E-state index in [1.54, 1.807) is 11.3 Å². The van der Waals surface area contributed by atoms with Crippen molar-refractivity contribution in [2.75, 3.05) is 18.1 Å². The lowest BCUT2D eigenvalue weighted by molar-refractivity contribution is -0.198. The highest BCUT2D eigenvalue weighted by atomic mass is 32.1. The molecule has 9 rings (SSSR count). The molecule has 2 bridgehead atoms. The summed E-state index contributed by atoms with van der Waals surface area (Å²) in [6, 6.07) is 14.3. The van der Waals surface area contributed by atoms with Crippen LogP contribution in [0.2, 0.25) is 0 Å². The Hall–Kier alpha value is -3.24. The number of aromatic nitrogens is 3. The molecule has 1 amide bonds. The SMILES string of the molecule is Cc1nc2ccc(-c3cccc(N(CC45CCC(c6nc(C7CC7)no6)(CC4)OC5)C(=O)CC4CCC(F)(F)C4)c3)cc2s1. The van der Waals surface area contributed by atoms with Gasteiger partial charge in [-0.2, -0.15) is 4.98 Å². The molecule has 0 radical (unpaired) electrons. The smallest absolute Gasteiger partial charge is 0.258 e. The van der Waals surface area contributed by atoms with Crippen molar-refractivity contribution in [3.05, 3.63) is 59.2 Å². The largest absolute Gasteiger partial charge is 0.364 e. The number of hydrogen-bond donors (Lipinski definition) is 0. The average Bonchev–Trinajstić information content (AvgIpc) is 3.45. The lowest BCUT2D eigenvalue weighted by atomic mass is 9.65. The van der Waals surface area contributed by atoms with Crippen molar-refractivity contribution in [3.63, 3.8) is 0 Å². The monoisotopic (exact) mass is 618 g/mol. The van der Waals surface area contributed by atoms with Crippen LogP contribution in [0.1, 0.15) is 86.8 Å². The van der Waals surface area contributed by atoms with Crippen molar-refractivity contribution in [2.24, 2.45) is 11.3 Å². The highest BCUT2D eigenvalue weighted by molar-refractivity contribution is 7.18. The molecule has 1 atom stereocenters. The van der Waals surface area contributed by atoms with Crippen LogP contribution in [0.3, 0.4) is 0 Å². The first-order chi connectivity index (χ1) is 21.2. The lowest BCUT2D eigenvalue weighted by Gasteiger charge is -2.52. The third-order valence-corrected chi connectivity index (χ3v) is 11.2. The molecule has 230 valence electrons. The van der Waals surface area contributed by atoms with Crippen LogP contribution in [0.4, 0.5) is 14.5 Å². The van der Waals surface area contributed by atoms with E-state index >= 15 is 0 Å². The first-order valence-electron chi connectivity index (χ1n) is 15.8. The fourth-order valence-electron chi connectivity index (χ4n) is 7.48. The third kappa shape index (κ3) is 5.23. The zero-order valence-electron chi connectivity index (χ0n) is 24.9. The van der Waals surface area contributed by atoms with Crippen LogP contribution >= 0.6 is 11.3 Å². The number of ether oxygens (including phenoxy) is 1. The fraction of sp³-hybridized carbons (Fsp3) is 0.529. The van der Waals surface area contributed by atoms with Crippen molar-refractivity contribution in [3.8, 4) is 11.1 Å². The summed E-state index contributed by atoms with van der Waals surface area (Å²) >= 11 is 1.66. The number of rotatable bonds is 8. The molecule has 7 nitrogen and oxygen atoms in total. The maximum Gasteiger partial charge on any atom is 0.258 e. The maximum atomic E-state index is 14.1. The summed E-state index contributed by atoms with van der Waals surface area (Å²) < 4.78 is 41.5. The summed E-state index contributed by atoms with van der Waals surface area (Å²) in [6.45, 7) is 2.98. The Kier molecular flexibility index (Phi) is 6.68. The van der Waals surface area contributed by atoms with Gasteiger partial charge in [-0.05, 0) is 93.2 Å². The summed E-state index contributed by atoms with van der Waals surface area (Å²) in [5.41, 5.74) is 3.04. The van der Waals surface area contributed by atoms with Gasteiger partial charge in [0.15, 0.2) is 5.82 Å². The molecular weight excluding hydrogens is 582 g/mol. The number of nitrogens with zero attached hydrogens (tertiary/aromatic N) is 4. The zero-order valence-corrected chi connectivity index (χ0v) is 25.7. The van der Waals surface area contributed by atoms with E-state index in [1.807, 2.05) is 30.0 Å². The van der Waals surface area contributed by atoms with E-state index in [1.165, 1.54) is 0 Å². The van der Waals surface area contributed by atoms with Crippen molar-refractivity contribution < 1.29 is 22.8 Å². The van der Waals surface area contributed by atoms with Crippen molar-refractivity contribution in [1.82, 2.24) is 15.1 Å². The van der Waals surface area contributed by atoms with Gasteiger partial charge in [-0.1, -0.05) is 23.4 Å². The van der Waals surface area contributed by atoms with Gasteiger partial charge in [0.2, 0.25) is 11.8 Å². The Morgan fingerprint density at radius 3 is 2.57 bits per heavy atom. The molecule has 1 unspecified atom stereocenters. The van der Waals surface area contributed by atoms with Crippen LogP contribution in [0.15, 0.2) is 47.0 Å². The standard InChI is InChI=1S/C34H36F2N4O3S/c1-21-37-27-8-7-25(17-28(27)44-21)24-3-2-4-26(16-24)40(29(41)15-22-9-10-34(35,36)18-22)19-32-11-13-33(14-12-32,42-20-32)31-38-30(39-43-31)23-5-6-23/h2-4,7-8,16-17,22-23H,5-6,9-15,18-20H2,1H3. The minimum atomic E-state index is -2.68. The molecular formula is C34H36F2N4O3S. The number of alkyl halides is 2. The van der Waals surface area contributed by atoms with Gasteiger partial charge >= 0.3 is 0 Å². The third-order valence-electron chi connectivity index (χ3n) is 10.3. The summed E-state index contributed by atoms with van der Waals surface area (Å²) in [4.78, 5) is 25.2. The molecule has 2 aromatic carbocycles. The van der Waals surface area contributed by atoms with Crippen molar-refractivity contribution in [1.29, 1.82) is 0 Å². The Labute approximate surface area is 259 Å². The minimum Gasteiger partial charge on any atom is -0.364 e. The highest BCUT2D eigenvalue weighted by Gasteiger charge is 2.55. The fourth-order valence-corrected chi connectivity index (χ4v) is 8.34. The van der Waals surface area contributed by atoms with Gasteiger partial charge in [0.1, 0.15) is 5.60 Å². The Balaban J connectivity index is 1.06. The first-order valence-corrected chi connectivity index (χ1v) is 16.6. The topological polar surface area (TPSA) is 81.3 Å². The van der Waals surface area contributed by atoms with Gasteiger partial charge in [0, 0.05) is 42.8 Å². The Bertz CT molecular complexity index is 1710. The zero-order chi connectivity index (χ0) is 30.1. The number of hydrogen-bond acceptors (Lipinski definition) is 7. The van der Waals surface area contributed by atoms with Crippen molar-refractivity contribution in [2.45, 2.75) is 88.6 Å². The van der Waals surface area contributed by atoms with E-state index in [0.717, 1.165) is 76.4 Å². The number of halogens is 2. The van der Waals surface area contributed by atoms with Crippen LogP contribution in [-0.4, -0.2) is 40.1 Å². The Morgan fingerprint density at radius 2 is 1.84 bits per heavy atom. The van der Waals surface area contributed by atoms with Gasteiger partial charge in [0.05, 0.1) is 21.8 Å².